The Morgan fingerprint density at radius 2 is 1.61 bits per heavy atom. The van der Waals surface area contributed by atoms with E-state index in [0.29, 0.717) is 6.54 Å². The van der Waals surface area contributed by atoms with Crippen LogP contribution in [0.5, 0.6) is 5.75 Å². The van der Waals surface area contributed by atoms with Gasteiger partial charge in [-0.25, -0.2) is 9.59 Å². The van der Waals surface area contributed by atoms with Crippen LogP contribution in [-0.2, 0) is 30.4 Å². The van der Waals surface area contributed by atoms with Crippen LogP contribution in [0.15, 0.2) is 48.6 Å². The molecule has 0 unspecified atom stereocenters. The summed E-state index contributed by atoms with van der Waals surface area (Å²) in [5, 5.41) is 2.08. The van der Waals surface area contributed by atoms with Crippen molar-refractivity contribution in [2.45, 2.75) is 13.5 Å². The van der Waals surface area contributed by atoms with Crippen molar-refractivity contribution in [2.24, 2.45) is 0 Å². The number of esters is 2. The van der Waals surface area contributed by atoms with Crippen LogP contribution in [0.3, 0.4) is 0 Å². The molecule has 0 spiro atoms. The SMILES string of the molecule is CCOC(=O)/C=C/C(=O)OCC(=O)N(C)Cc1ccc2cc(OC)ccc2c1. The molecule has 0 N–H and O–H groups in total. The second-order valence-corrected chi connectivity index (χ2v) is 5.99. The molecule has 1 amide bonds. The van der Waals surface area contributed by atoms with E-state index in [1.807, 2.05) is 36.4 Å². The molecule has 0 saturated heterocycles. The van der Waals surface area contributed by atoms with Gasteiger partial charge in [0.05, 0.1) is 13.7 Å². The van der Waals surface area contributed by atoms with Crippen molar-refractivity contribution < 1.29 is 28.6 Å². The molecule has 0 saturated carbocycles. The minimum atomic E-state index is -0.783. The van der Waals surface area contributed by atoms with Crippen molar-refractivity contribution >= 4 is 28.6 Å². The molecule has 0 aromatic heterocycles. The zero-order chi connectivity index (χ0) is 20.5. The number of ether oxygens (including phenoxy) is 3. The third-order valence-electron chi connectivity index (χ3n) is 3.94. The van der Waals surface area contributed by atoms with E-state index in [0.717, 1.165) is 34.2 Å². The first-order valence-electron chi connectivity index (χ1n) is 8.75. The van der Waals surface area contributed by atoms with Crippen LogP contribution in [0.4, 0.5) is 0 Å². The van der Waals surface area contributed by atoms with Gasteiger partial charge in [0.1, 0.15) is 5.75 Å². The molecule has 148 valence electrons. The van der Waals surface area contributed by atoms with E-state index >= 15 is 0 Å². The minimum Gasteiger partial charge on any atom is -0.497 e. The van der Waals surface area contributed by atoms with Gasteiger partial charge in [0.2, 0.25) is 0 Å². The van der Waals surface area contributed by atoms with Crippen molar-refractivity contribution in [3.63, 3.8) is 0 Å². The molecule has 2 aromatic carbocycles. The molecule has 0 aliphatic carbocycles. The molecule has 0 aliphatic rings. The van der Waals surface area contributed by atoms with Gasteiger partial charge in [-0.2, -0.15) is 0 Å². The number of carbonyl (C=O) groups is 3. The van der Waals surface area contributed by atoms with Gasteiger partial charge in [0, 0.05) is 25.7 Å². The molecular formula is C21H23NO6. The average Bonchev–Trinajstić information content (AvgIpc) is 2.70. The summed E-state index contributed by atoms with van der Waals surface area (Å²) in [6, 6.07) is 11.7. The van der Waals surface area contributed by atoms with Crippen molar-refractivity contribution in [1.29, 1.82) is 0 Å². The molecule has 0 aliphatic heterocycles. The molecule has 0 heterocycles. The van der Waals surface area contributed by atoms with Gasteiger partial charge in [0.15, 0.2) is 6.61 Å². The lowest BCUT2D eigenvalue weighted by molar-refractivity contribution is -0.148. The molecule has 2 aromatic rings. The van der Waals surface area contributed by atoms with E-state index < -0.39 is 18.5 Å². The number of fused-ring (bicyclic) bond motifs is 1. The van der Waals surface area contributed by atoms with Crippen LogP contribution >= 0.6 is 0 Å². The summed E-state index contributed by atoms with van der Waals surface area (Å²) in [7, 11) is 3.25. The largest absolute Gasteiger partial charge is 0.497 e. The highest BCUT2D eigenvalue weighted by molar-refractivity contribution is 5.92. The van der Waals surface area contributed by atoms with Crippen LogP contribution in [0, 0.1) is 0 Å². The molecular weight excluding hydrogens is 362 g/mol. The predicted octanol–water partition coefficient (Wildman–Crippen LogP) is 2.47. The Balaban J connectivity index is 1.88. The Labute approximate surface area is 163 Å². The number of nitrogens with zero attached hydrogens (tertiary/aromatic N) is 1. The highest BCUT2D eigenvalue weighted by Crippen LogP contribution is 2.22. The molecule has 2 rings (SSSR count). The Morgan fingerprint density at radius 1 is 0.964 bits per heavy atom. The Morgan fingerprint density at radius 3 is 2.29 bits per heavy atom. The summed E-state index contributed by atoms with van der Waals surface area (Å²) in [4.78, 5) is 36.3. The Bertz CT molecular complexity index is 890. The monoisotopic (exact) mass is 385 g/mol. The number of hydrogen-bond donors (Lipinski definition) is 0. The first kappa shape index (κ1) is 21.0. The summed E-state index contributed by atoms with van der Waals surface area (Å²) in [5.41, 5.74) is 0.946. The zero-order valence-corrected chi connectivity index (χ0v) is 16.1. The summed E-state index contributed by atoms with van der Waals surface area (Å²) in [6.07, 6.45) is 1.90. The Kier molecular flexibility index (Phi) is 7.56. The lowest BCUT2D eigenvalue weighted by Gasteiger charge is -2.17. The lowest BCUT2D eigenvalue weighted by Crippen LogP contribution is -2.30. The number of carbonyl (C=O) groups excluding carboxylic acids is 3. The fourth-order valence-electron chi connectivity index (χ4n) is 2.48. The maximum atomic E-state index is 12.2. The maximum Gasteiger partial charge on any atom is 0.331 e. The molecule has 28 heavy (non-hydrogen) atoms. The minimum absolute atomic E-state index is 0.212. The van der Waals surface area contributed by atoms with Gasteiger partial charge in [-0.1, -0.05) is 18.2 Å². The normalized spacial score (nSPS) is 10.7. The van der Waals surface area contributed by atoms with Crippen molar-refractivity contribution in [3.8, 4) is 5.75 Å². The van der Waals surface area contributed by atoms with E-state index in [-0.39, 0.29) is 12.5 Å². The number of amides is 1. The maximum absolute atomic E-state index is 12.2. The lowest BCUT2D eigenvalue weighted by atomic mass is 10.1. The summed E-state index contributed by atoms with van der Waals surface area (Å²) >= 11 is 0. The first-order chi connectivity index (χ1) is 13.4. The summed E-state index contributed by atoms with van der Waals surface area (Å²) < 4.78 is 14.7. The van der Waals surface area contributed by atoms with Crippen molar-refractivity contribution in [3.05, 3.63) is 54.1 Å². The van der Waals surface area contributed by atoms with E-state index in [9.17, 15) is 14.4 Å². The fourth-order valence-corrected chi connectivity index (χ4v) is 2.48. The van der Waals surface area contributed by atoms with Gasteiger partial charge in [-0.05, 0) is 41.5 Å². The predicted molar refractivity (Wildman–Crippen MR) is 104 cm³/mol. The molecule has 0 bridgehead atoms. The topological polar surface area (TPSA) is 82.1 Å². The van der Waals surface area contributed by atoms with Crippen molar-refractivity contribution in [1.82, 2.24) is 4.90 Å². The number of likely N-dealkylation sites (N-methyl/N-ethyl adjacent to an activating group) is 1. The Hall–Kier alpha value is -3.35. The summed E-state index contributed by atoms with van der Waals surface area (Å²) in [5.74, 6) is -0.995. The number of benzene rings is 2. The average molecular weight is 385 g/mol. The second-order valence-electron chi connectivity index (χ2n) is 5.99. The molecule has 0 atom stereocenters. The quantitative estimate of drug-likeness (QED) is 0.513. The van der Waals surface area contributed by atoms with Crippen LogP contribution in [0.1, 0.15) is 12.5 Å². The molecule has 0 fully saturated rings. The third-order valence-corrected chi connectivity index (χ3v) is 3.94. The third kappa shape index (κ3) is 6.12. The molecule has 7 nitrogen and oxygen atoms in total. The van der Waals surface area contributed by atoms with Gasteiger partial charge in [-0.15, -0.1) is 0 Å². The van der Waals surface area contributed by atoms with Crippen LogP contribution < -0.4 is 4.74 Å². The van der Waals surface area contributed by atoms with Gasteiger partial charge in [-0.3, -0.25) is 4.79 Å². The fraction of sp³-hybridized carbons (Fsp3) is 0.286. The second kappa shape index (κ2) is 10.1. The van der Waals surface area contributed by atoms with Crippen LogP contribution in [0.2, 0.25) is 0 Å². The van der Waals surface area contributed by atoms with Crippen LogP contribution in [-0.4, -0.2) is 50.1 Å². The highest BCUT2D eigenvalue weighted by atomic mass is 16.5. The van der Waals surface area contributed by atoms with Gasteiger partial charge in [0.25, 0.3) is 5.91 Å². The smallest absolute Gasteiger partial charge is 0.331 e. The number of rotatable bonds is 8. The van der Waals surface area contributed by atoms with E-state index in [1.165, 1.54) is 4.90 Å². The van der Waals surface area contributed by atoms with E-state index in [4.69, 9.17) is 9.47 Å². The molecule has 7 heteroatoms. The van der Waals surface area contributed by atoms with Crippen LogP contribution in [0.25, 0.3) is 10.8 Å². The number of methoxy groups -OCH3 is 1. The van der Waals surface area contributed by atoms with Crippen molar-refractivity contribution in [2.75, 3.05) is 27.4 Å². The van der Waals surface area contributed by atoms with E-state index in [1.54, 1.807) is 21.1 Å². The first-order valence-corrected chi connectivity index (χ1v) is 8.75. The number of hydrogen-bond acceptors (Lipinski definition) is 6. The molecule has 0 radical (unpaired) electrons. The van der Waals surface area contributed by atoms with Gasteiger partial charge >= 0.3 is 11.9 Å². The zero-order valence-electron chi connectivity index (χ0n) is 16.1. The highest BCUT2D eigenvalue weighted by Gasteiger charge is 2.12. The van der Waals surface area contributed by atoms with Gasteiger partial charge < -0.3 is 19.1 Å². The standard InChI is InChI=1S/C21H23NO6/c1-4-27-20(24)9-10-21(25)28-14-19(23)22(2)13-15-5-6-17-12-18(26-3)8-7-16(17)11-15/h5-12H,4,13-14H2,1-3H3/b10-9+. The van der Waals surface area contributed by atoms with E-state index in [2.05, 4.69) is 4.74 Å². The summed E-state index contributed by atoms with van der Waals surface area (Å²) in [6.45, 7) is 1.83.